The Hall–Kier alpha value is -1.36. The Balaban J connectivity index is 2.18. The van der Waals surface area contributed by atoms with Crippen molar-refractivity contribution in [2.45, 2.75) is 51.0 Å². The molecular formula is C14H19NO3S. The molecule has 1 aromatic rings. The van der Waals surface area contributed by atoms with Gasteiger partial charge in [-0.25, -0.2) is 4.79 Å². The first kappa shape index (κ1) is 14.1. The van der Waals surface area contributed by atoms with Crippen molar-refractivity contribution in [2.24, 2.45) is 0 Å². The second-order valence-electron chi connectivity index (χ2n) is 5.03. The molecule has 2 N–H and O–H groups in total. The summed E-state index contributed by atoms with van der Waals surface area (Å²) in [6.07, 6.45) is 4.60. The minimum Gasteiger partial charge on any atom is -0.480 e. The number of aliphatic carboxylic acids is 1. The maximum Gasteiger partial charge on any atom is 0.329 e. The normalized spacial score (nSPS) is 17.9. The van der Waals surface area contributed by atoms with E-state index in [4.69, 9.17) is 0 Å². The molecule has 1 fully saturated rings. The molecule has 0 spiro atoms. The third-order valence-electron chi connectivity index (χ3n) is 3.80. The van der Waals surface area contributed by atoms with E-state index in [9.17, 15) is 14.7 Å². The first-order chi connectivity index (χ1) is 9.09. The average molecular weight is 281 g/mol. The molecule has 5 heteroatoms. The van der Waals surface area contributed by atoms with Crippen molar-refractivity contribution in [3.05, 3.63) is 21.9 Å². The Bertz CT molecular complexity index is 475. The second kappa shape index (κ2) is 5.74. The van der Waals surface area contributed by atoms with Crippen LogP contribution in [0, 0.1) is 0 Å². The minimum absolute atomic E-state index is 0.240. The summed E-state index contributed by atoms with van der Waals surface area (Å²) in [5, 5.41) is 14.1. The average Bonchev–Trinajstić information content (AvgIpc) is 2.88. The van der Waals surface area contributed by atoms with Crippen LogP contribution in [0.4, 0.5) is 0 Å². The number of carbonyl (C=O) groups is 2. The Labute approximate surface area is 116 Å². The van der Waals surface area contributed by atoms with Crippen molar-refractivity contribution < 1.29 is 14.7 Å². The van der Waals surface area contributed by atoms with Crippen LogP contribution in [0.5, 0.6) is 0 Å². The van der Waals surface area contributed by atoms with Crippen LogP contribution in [0.15, 0.2) is 11.4 Å². The third kappa shape index (κ3) is 2.81. The van der Waals surface area contributed by atoms with Crippen molar-refractivity contribution in [1.29, 1.82) is 0 Å². The van der Waals surface area contributed by atoms with Crippen LogP contribution in [0.3, 0.4) is 0 Å². The summed E-state index contributed by atoms with van der Waals surface area (Å²) in [6, 6.07) is 1.92. The molecule has 104 valence electrons. The lowest BCUT2D eigenvalue weighted by atomic mass is 9.81. The van der Waals surface area contributed by atoms with E-state index in [1.54, 1.807) is 0 Å². The molecule has 1 aromatic heterocycles. The number of nitrogens with one attached hydrogen (secondary N) is 1. The highest BCUT2D eigenvalue weighted by Crippen LogP contribution is 2.29. The molecule has 19 heavy (non-hydrogen) atoms. The fourth-order valence-electron chi connectivity index (χ4n) is 2.64. The van der Waals surface area contributed by atoms with E-state index in [1.807, 2.05) is 18.4 Å². The van der Waals surface area contributed by atoms with Crippen molar-refractivity contribution in [3.8, 4) is 0 Å². The highest BCUT2D eigenvalue weighted by Gasteiger charge is 2.41. The number of thiophene rings is 1. The predicted molar refractivity (Wildman–Crippen MR) is 74.6 cm³/mol. The Morgan fingerprint density at radius 1 is 1.37 bits per heavy atom. The van der Waals surface area contributed by atoms with Crippen LogP contribution in [-0.2, 0) is 11.2 Å². The number of carboxylic acid groups (broad SMARTS) is 1. The third-order valence-corrected chi connectivity index (χ3v) is 4.76. The molecule has 0 bridgehead atoms. The van der Waals surface area contributed by atoms with Gasteiger partial charge in [-0.15, -0.1) is 11.3 Å². The molecule has 1 aliphatic carbocycles. The molecule has 4 nitrogen and oxygen atoms in total. The summed E-state index contributed by atoms with van der Waals surface area (Å²) >= 11 is 1.38. The van der Waals surface area contributed by atoms with Gasteiger partial charge in [0.25, 0.3) is 5.91 Å². The SMILES string of the molecule is CCc1ccsc1C(=O)NC1(C(=O)O)CCCCC1. The van der Waals surface area contributed by atoms with Crippen LogP contribution < -0.4 is 5.32 Å². The molecule has 0 unspecified atom stereocenters. The van der Waals surface area contributed by atoms with Gasteiger partial charge in [-0.1, -0.05) is 26.2 Å². The zero-order valence-electron chi connectivity index (χ0n) is 11.1. The number of aryl methyl sites for hydroxylation is 1. The maximum atomic E-state index is 12.3. The van der Waals surface area contributed by atoms with E-state index in [-0.39, 0.29) is 5.91 Å². The van der Waals surface area contributed by atoms with Crippen LogP contribution in [0.25, 0.3) is 0 Å². The fourth-order valence-corrected chi connectivity index (χ4v) is 3.53. The van der Waals surface area contributed by atoms with Crippen molar-refractivity contribution in [2.75, 3.05) is 0 Å². The van der Waals surface area contributed by atoms with Gasteiger partial charge in [-0.2, -0.15) is 0 Å². The molecule has 0 atom stereocenters. The highest BCUT2D eigenvalue weighted by atomic mass is 32.1. The van der Waals surface area contributed by atoms with Crippen LogP contribution in [0.2, 0.25) is 0 Å². The number of rotatable bonds is 4. The highest BCUT2D eigenvalue weighted by molar-refractivity contribution is 7.12. The van der Waals surface area contributed by atoms with Gasteiger partial charge in [-0.05, 0) is 36.3 Å². The van der Waals surface area contributed by atoms with Crippen molar-refractivity contribution >= 4 is 23.2 Å². The molecule has 0 aromatic carbocycles. The Morgan fingerprint density at radius 3 is 2.63 bits per heavy atom. The zero-order chi connectivity index (χ0) is 13.9. The topological polar surface area (TPSA) is 66.4 Å². The van der Waals surface area contributed by atoms with Gasteiger partial charge in [0.1, 0.15) is 5.54 Å². The lowest BCUT2D eigenvalue weighted by molar-refractivity contribution is -0.145. The van der Waals surface area contributed by atoms with E-state index in [0.717, 1.165) is 31.2 Å². The number of hydrogen-bond donors (Lipinski definition) is 2. The van der Waals surface area contributed by atoms with E-state index >= 15 is 0 Å². The van der Waals surface area contributed by atoms with Gasteiger partial charge in [0.2, 0.25) is 0 Å². The molecule has 0 radical (unpaired) electrons. The quantitative estimate of drug-likeness (QED) is 0.891. The number of carboxylic acids is 1. The number of carbonyl (C=O) groups excluding carboxylic acids is 1. The predicted octanol–water partition coefficient (Wildman–Crippen LogP) is 2.83. The largest absolute Gasteiger partial charge is 0.480 e. The summed E-state index contributed by atoms with van der Waals surface area (Å²) in [6.45, 7) is 1.99. The summed E-state index contributed by atoms with van der Waals surface area (Å²) in [5.74, 6) is -1.15. The summed E-state index contributed by atoms with van der Waals surface area (Å²) in [5.41, 5.74) is -0.0801. The molecule has 2 rings (SSSR count). The zero-order valence-corrected chi connectivity index (χ0v) is 11.9. The Kier molecular flexibility index (Phi) is 4.24. The maximum absolute atomic E-state index is 12.3. The van der Waals surface area contributed by atoms with Crippen LogP contribution >= 0.6 is 11.3 Å². The van der Waals surface area contributed by atoms with Crippen molar-refractivity contribution in [1.82, 2.24) is 5.32 Å². The molecule has 1 amide bonds. The molecule has 1 saturated carbocycles. The van der Waals surface area contributed by atoms with E-state index < -0.39 is 11.5 Å². The van der Waals surface area contributed by atoms with Crippen LogP contribution in [0.1, 0.15) is 54.3 Å². The fraction of sp³-hybridized carbons (Fsp3) is 0.571. The summed E-state index contributed by atoms with van der Waals surface area (Å²) in [7, 11) is 0. The van der Waals surface area contributed by atoms with E-state index in [2.05, 4.69) is 5.32 Å². The lowest BCUT2D eigenvalue weighted by Gasteiger charge is -2.33. The van der Waals surface area contributed by atoms with Gasteiger partial charge in [0.15, 0.2) is 0 Å². The standard InChI is InChI=1S/C14H19NO3S/c1-2-10-6-9-19-11(10)12(16)15-14(13(17)18)7-4-3-5-8-14/h6,9H,2-5,7-8H2,1H3,(H,15,16)(H,17,18). The molecule has 1 aliphatic rings. The van der Waals surface area contributed by atoms with Crippen LogP contribution in [-0.4, -0.2) is 22.5 Å². The monoisotopic (exact) mass is 281 g/mol. The molecule has 1 heterocycles. The van der Waals surface area contributed by atoms with Gasteiger partial charge >= 0.3 is 5.97 Å². The van der Waals surface area contributed by atoms with Crippen molar-refractivity contribution in [3.63, 3.8) is 0 Å². The Morgan fingerprint density at radius 2 is 2.05 bits per heavy atom. The number of hydrogen-bond acceptors (Lipinski definition) is 3. The molecular weight excluding hydrogens is 262 g/mol. The van der Waals surface area contributed by atoms with Gasteiger partial charge in [-0.3, -0.25) is 4.79 Å². The van der Waals surface area contributed by atoms with E-state index in [0.29, 0.717) is 17.7 Å². The van der Waals surface area contributed by atoms with Gasteiger partial charge < -0.3 is 10.4 Å². The van der Waals surface area contributed by atoms with Gasteiger partial charge in [0.05, 0.1) is 4.88 Å². The summed E-state index contributed by atoms with van der Waals surface area (Å²) in [4.78, 5) is 24.5. The van der Waals surface area contributed by atoms with Gasteiger partial charge in [0, 0.05) is 0 Å². The first-order valence-corrected chi connectivity index (χ1v) is 7.59. The smallest absolute Gasteiger partial charge is 0.329 e. The molecule has 0 saturated heterocycles. The molecule has 0 aliphatic heterocycles. The second-order valence-corrected chi connectivity index (χ2v) is 5.95. The summed E-state index contributed by atoms with van der Waals surface area (Å²) < 4.78 is 0. The first-order valence-electron chi connectivity index (χ1n) is 6.71. The lowest BCUT2D eigenvalue weighted by Crippen LogP contribution is -2.55. The van der Waals surface area contributed by atoms with E-state index in [1.165, 1.54) is 11.3 Å². The minimum atomic E-state index is -1.07. The number of amides is 1.